The highest BCUT2D eigenvalue weighted by Gasteiger charge is 2.19. The molecule has 13 heavy (non-hydrogen) atoms. The normalized spacial score (nSPS) is 21.2. The maximum absolute atomic E-state index is 3.19. The molecule has 1 heterocycles. The lowest BCUT2D eigenvalue weighted by Crippen LogP contribution is -2.43. The lowest BCUT2D eigenvalue weighted by Gasteiger charge is -2.35. The van der Waals surface area contributed by atoms with Gasteiger partial charge in [0.2, 0.25) is 0 Å². The van der Waals surface area contributed by atoms with Crippen molar-refractivity contribution >= 4 is 0 Å². The van der Waals surface area contributed by atoms with E-state index in [1.54, 1.807) is 0 Å². The minimum Gasteiger partial charge on any atom is -0.318 e. The predicted molar refractivity (Wildman–Crippen MR) is 57.1 cm³/mol. The summed E-state index contributed by atoms with van der Waals surface area (Å²) in [6.07, 6.45) is 2.66. The Labute approximate surface area is 82.1 Å². The maximum Gasteiger partial charge on any atom is 0.0117 e. The Bertz CT molecular complexity index is 130. The molecule has 0 aromatic heterocycles. The van der Waals surface area contributed by atoms with Crippen molar-refractivity contribution < 1.29 is 0 Å². The van der Waals surface area contributed by atoms with Crippen molar-refractivity contribution in [1.29, 1.82) is 0 Å². The first kappa shape index (κ1) is 11.0. The van der Waals surface area contributed by atoms with E-state index >= 15 is 0 Å². The van der Waals surface area contributed by atoms with Gasteiger partial charge in [-0.3, -0.25) is 0 Å². The molecule has 0 bridgehead atoms. The van der Waals surface area contributed by atoms with E-state index in [0.29, 0.717) is 0 Å². The fraction of sp³-hybridized carbons (Fsp3) is 1.00. The molecular weight excluding hydrogens is 162 g/mol. The van der Waals surface area contributed by atoms with E-state index in [2.05, 4.69) is 29.2 Å². The van der Waals surface area contributed by atoms with Crippen LogP contribution in [-0.4, -0.2) is 63.2 Å². The lowest BCUT2D eigenvalue weighted by atomic mass is 10.0. The van der Waals surface area contributed by atoms with Crippen LogP contribution in [0.25, 0.3) is 0 Å². The number of nitrogens with one attached hydrogen (secondary N) is 1. The van der Waals surface area contributed by atoms with Gasteiger partial charge in [-0.1, -0.05) is 0 Å². The monoisotopic (exact) mass is 185 g/mol. The highest BCUT2D eigenvalue weighted by molar-refractivity contribution is 4.76. The van der Waals surface area contributed by atoms with Crippen LogP contribution in [0.15, 0.2) is 0 Å². The van der Waals surface area contributed by atoms with Gasteiger partial charge in [-0.2, -0.15) is 0 Å². The third kappa shape index (κ3) is 3.63. The van der Waals surface area contributed by atoms with Gasteiger partial charge in [0.05, 0.1) is 0 Å². The Balaban J connectivity index is 2.19. The van der Waals surface area contributed by atoms with Crippen LogP contribution in [0.4, 0.5) is 0 Å². The maximum atomic E-state index is 3.19. The zero-order valence-electron chi connectivity index (χ0n) is 9.21. The van der Waals surface area contributed by atoms with Crippen LogP contribution in [0.3, 0.4) is 0 Å². The van der Waals surface area contributed by atoms with Crippen LogP contribution in [0.5, 0.6) is 0 Å². The fourth-order valence-corrected chi connectivity index (χ4v) is 1.91. The number of hydrogen-bond acceptors (Lipinski definition) is 3. The summed E-state index contributed by atoms with van der Waals surface area (Å²) in [5.74, 6) is 0. The molecule has 0 radical (unpaired) electrons. The number of nitrogens with zero attached hydrogens (tertiary/aromatic N) is 2. The Kier molecular flexibility index (Phi) is 4.70. The molecule has 3 heteroatoms. The molecule has 3 nitrogen and oxygen atoms in total. The second-order valence-corrected chi connectivity index (χ2v) is 4.12. The van der Waals surface area contributed by atoms with Gasteiger partial charge in [-0.05, 0) is 47.1 Å². The topological polar surface area (TPSA) is 18.5 Å². The van der Waals surface area contributed by atoms with E-state index in [1.807, 2.05) is 7.05 Å². The number of likely N-dealkylation sites (tertiary alicyclic amines) is 1. The van der Waals surface area contributed by atoms with Crippen molar-refractivity contribution in [2.45, 2.75) is 18.9 Å². The average molecular weight is 185 g/mol. The van der Waals surface area contributed by atoms with E-state index < -0.39 is 0 Å². The first-order chi connectivity index (χ1) is 6.24. The smallest absolute Gasteiger partial charge is 0.0117 e. The van der Waals surface area contributed by atoms with Crippen LogP contribution in [0.1, 0.15) is 12.8 Å². The van der Waals surface area contributed by atoms with Gasteiger partial charge < -0.3 is 15.1 Å². The number of likely N-dealkylation sites (N-methyl/N-ethyl adjacent to an activating group) is 2. The Hall–Kier alpha value is -0.120. The van der Waals surface area contributed by atoms with Crippen molar-refractivity contribution in [3.8, 4) is 0 Å². The zero-order valence-corrected chi connectivity index (χ0v) is 9.21. The molecule has 0 saturated carbocycles. The standard InChI is InChI=1S/C10H23N3/c1-11-6-9-13(3)10-4-7-12(2)8-5-10/h10-11H,4-9H2,1-3H3. The van der Waals surface area contributed by atoms with Crippen molar-refractivity contribution in [1.82, 2.24) is 15.1 Å². The molecule has 1 aliphatic rings. The Morgan fingerprint density at radius 2 is 2.00 bits per heavy atom. The SMILES string of the molecule is CNCCN(C)C1CCN(C)CC1. The molecule has 0 unspecified atom stereocenters. The van der Waals surface area contributed by atoms with Crippen molar-refractivity contribution in [3.63, 3.8) is 0 Å². The molecule has 0 aromatic carbocycles. The first-order valence-corrected chi connectivity index (χ1v) is 5.27. The largest absolute Gasteiger partial charge is 0.318 e. The second kappa shape index (κ2) is 5.58. The minimum absolute atomic E-state index is 0.810. The molecule has 0 atom stereocenters. The van der Waals surface area contributed by atoms with E-state index in [-0.39, 0.29) is 0 Å². The predicted octanol–water partition coefficient (Wildman–Crippen LogP) is 0.232. The van der Waals surface area contributed by atoms with Crippen molar-refractivity contribution in [2.75, 3.05) is 47.3 Å². The van der Waals surface area contributed by atoms with Gasteiger partial charge in [0.25, 0.3) is 0 Å². The van der Waals surface area contributed by atoms with Crippen LogP contribution in [0, 0.1) is 0 Å². The molecule has 0 amide bonds. The van der Waals surface area contributed by atoms with E-state index in [0.717, 1.165) is 12.6 Å². The van der Waals surface area contributed by atoms with Gasteiger partial charge in [0.1, 0.15) is 0 Å². The molecule has 1 saturated heterocycles. The first-order valence-electron chi connectivity index (χ1n) is 5.27. The van der Waals surface area contributed by atoms with Gasteiger partial charge >= 0.3 is 0 Å². The zero-order chi connectivity index (χ0) is 9.68. The summed E-state index contributed by atoms with van der Waals surface area (Å²) in [4.78, 5) is 4.91. The van der Waals surface area contributed by atoms with E-state index in [9.17, 15) is 0 Å². The lowest BCUT2D eigenvalue weighted by molar-refractivity contribution is 0.145. The molecule has 1 fully saturated rings. The second-order valence-electron chi connectivity index (χ2n) is 4.12. The quantitative estimate of drug-likeness (QED) is 0.676. The summed E-state index contributed by atoms with van der Waals surface area (Å²) in [7, 11) is 6.47. The van der Waals surface area contributed by atoms with Crippen molar-refractivity contribution in [3.05, 3.63) is 0 Å². The molecule has 0 aliphatic carbocycles. The summed E-state index contributed by atoms with van der Waals surface area (Å²) in [5, 5.41) is 3.19. The molecule has 0 aromatic rings. The van der Waals surface area contributed by atoms with Crippen molar-refractivity contribution in [2.24, 2.45) is 0 Å². The van der Waals surface area contributed by atoms with Crippen LogP contribution in [-0.2, 0) is 0 Å². The van der Waals surface area contributed by atoms with Gasteiger partial charge in [-0.25, -0.2) is 0 Å². The Morgan fingerprint density at radius 3 is 2.54 bits per heavy atom. The van der Waals surface area contributed by atoms with Gasteiger partial charge in [-0.15, -0.1) is 0 Å². The third-order valence-electron chi connectivity index (χ3n) is 3.03. The summed E-state index contributed by atoms with van der Waals surface area (Å²) < 4.78 is 0. The molecule has 78 valence electrons. The number of piperidine rings is 1. The minimum atomic E-state index is 0.810. The average Bonchev–Trinajstić information content (AvgIpc) is 2.15. The highest BCUT2D eigenvalue weighted by atomic mass is 15.2. The number of rotatable bonds is 4. The number of hydrogen-bond donors (Lipinski definition) is 1. The summed E-state index contributed by atoms with van der Waals surface area (Å²) in [6.45, 7) is 4.79. The third-order valence-corrected chi connectivity index (χ3v) is 3.03. The van der Waals surface area contributed by atoms with Crippen LogP contribution >= 0.6 is 0 Å². The van der Waals surface area contributed by atoms with E-state index in [1.165, 1.54) is 32.5 Å². The molecule has 1 N–H and O–H groups in total. The summed E-state index contributed by atoms with van der Waals surface area (Å²) in [6, 6.07) is 0.810. The van der Waals surface area contributed by atoms with E-state index in [4.69, 9.17) is 0 Å². The molecular formula is C10H23N3. The van der Waals surface area contributed by atoms with Gasteiger partial charge in [0, 0.05) is 19.1 Å². The summed E-state index contributed by atoms with van der Waals surface area (Å²) in [5.41, 5.74) is 0. The van der Waals surface area contributed by atoms with Crippen LogP contribution < -0.4 is 5.32 Å². The molecule has 1 rings (SSSR count). The Morgan fingerprint density at radius 1 is 1.38 bits per heavy atom. The van der Waals surface area contributed by atoms with Crippen LogP contribution in [0.2, 0.25) is 0 Å². The summed E-state index contributed by atoms with van der Waals surface area (Å²) >= 11 is 0. The van der Waals surface area contributed by atoms with Gasteiger partial charge in [0.15, 0.2) is 0 Å². The molecule has 1 aliphatic heterocycles. The highest BCUT2D eigenvalue weighted by Crippen LogP contribution is 2.13. The molecule has 0 spiro atoms. The fourth-order valence-electron chi connectivity index (χ4n) is 1.91.